The molecule has 0 spiro atoms. The summed E-state index contributed by atoms with van der Waals surface area (Å²) in [4.78, 5) is 13.7. The van der Waals surface area contributed by atoms with Crippen LogP contribution in [0.1, 0.15) is 15.9 Å². The van der Waals surface area contributed by atoms with E-state index in [-0.39, 0.29) is 16.6 Å². The lowest BCUT2D eigenvalue weighted by atomic mass is 10.1. The first-order valence-corrected chi connectivity index (χ1v) is 11.4. The minimum absolute atomic E-state index is 0.186. The van der Waals surface area contributed by atoms with Crippen LogP contribution in [0, 0.1) is 0 Å². The van der Waals surface area contributed by atoms with E-state index in [0.717, 1.165) is 10.6 Å². The largest absolute Gasteiger partial charge is 0.339 e. The average Bonchev–Trinajstić information content (AvgIpc) is 2.99. The zero-order valence-corrected chi connectivity index (χ0v) is 17.0. The Morgan fingerprint density at radius 2 is 1.55 bits per heavy atom. The molecule has 0 unspecified atom stereocenters. The van der Waals surface area contributed by atoms with Crippen molar-refractivity contribution < 1.29 is 13.2 Å². The second kappa shape index (κ2) is 7.73. The maximum absolute atomic E-state index is 12.4. The first-order chi connectivity index (χ1) is 14.0. The Morgan fingerprint density at radius 1 is 0.897 bits per heavy atom. The number of nitrogens with zero attached hydrogens (tertiary/aromatic N) is 1. The quantitative estimate of drug-likeness (QED) is 0.614. The Hall–Kier alpha value is -3.10. The first-order valence-electron chi connectivity index (χ1n) is 8.73. The number of benzene rings is 3. The predicted molar refractivity (Wildman–Crippen MR) is 116 cm³/mol. The van der Waals surface area contributed by atoms with E-state index < -0.39 is 10.0 Å². The van der Waals surface area contributed by atoms with Crippen molar-refractivity contribution in [3.8, 4) is 0 Å². The third-order valence-corrected chi connectivity index (χ3v) is 6.47. The van der Waals surface area contributed by atoms with E-state index in [9.17, 15) is 13.2 Å². The smallest absolute Gasteiger partial charge is 0.285 e. The van der Waals surface area contributed by atoms with Crippen molar-refractivity contribution >= 4 is 44.9 Å². The number of thioether (sulfide) groups is 1. The predicted octanol–water partition coefficient (Wildman–Crippen LogP) is 4.22. The first kappa shape index (κ1) is 19.2. The summed E-state index contributed by atoms with van der Waals surface area (Å²) in [5, 5.41) is 5.87. The van der Waals surface area contributed by atoms with Gasteiger partial charge in [-0.2, -0.15) is 8.42 Å². The summed E-state index contributed by atoms with van der Waals surface area (Å²) in [5.41, 5.74) is 2.38. The molecule has 4 rings (SSSR count). The molecule has 0 saturated heterocycles. The maximum Gasteiger partial charge on any atom is 0.285 e. The van der Waals surface area contributed by atoms with Gasteiger partial charge in [0.1, 0.15) is 4.90 Å². The van der Waals surface area contributed by atoms with Crippen LogP contribution < -0.4 is 10.6 Å². The lowest BCUT2D eigenvalue weighted by Crippen LogP contribution is -2.13. The van der Waals surface area contributed by atoms with E-state index in [2.05, 4.69) is 15.0 Å². The van der Waals surface area contributed by atoms with Crippen LogP contribution in [-0.2, 0) is 10.0 Å². The van der Waals surface area contributed by atoms with Crippen LogP contribution in [-0.4, -0.2) is 26.4 Å². The normalized spacial score (nSPS) is 14.0. The van der Waals surface area contributed by atoms with Crippen molar-refractivity contribution in [3.63, 3.8) is 0 Å². The van der Waals surface area contributed by atoms with Gasteiger partial charge in [-0.3, -0.25) is 4.79 Å². The van der Waals surface area contributed by atoms with Crippen LogP contribution in [0.25, 0.3) is 0 Å². The summed E-state index contributed by atoms with van der Waals surface area (Å²) in [5.74, 6) is 0.0475. The molecule has 0 aromatic heterocycles. The van der Waals surface area contributed by atoms with Crippen LogP contribution in [0.3, 0.4) is 0 Å². The highest BCUT2D eigenvalue weighted by Crippen LogP contribution is 2.26. The van der Waals surface area contributed by atoms with E-state index in [1.165, 1.54) is 6.07 Å². The van der Waals surface area contributed by atoms with E-state index in [0.29, 0.717) is 16.8 Å². The van der Waals surface area contributed by atoms with Gasteiger partial charge in [0.25, 0.3) is 15.9 Å². The van der Waals surface area contributed by atoms with Crippen LogP contribution >= 0.6 is 11.8 Å². The highest BCUT2D eigenvalue weighted by Gasteiger charge is 2.28. The monoisotopic (exact) mass is 423 g/mol. The molecule has 29 heavy (non-hydrogen) atoms. The molecular formula is C21H17N3O3S2. The average molecular weight is 424 g/mol. The number of nitrogens with one attached hydrogen (secondary N) is 2. The molecule has 1 aliphatic heterocycles. The van der Waals surface area contributed by atoms with E-state index in [1.807, 2.05) is 30.5 Å². The number of anilines is 2. The second-order valence-electron chi connectivity index (χ2n) is 6.30. The molecular weight excluding hydrogens is 406 g/mol. The number of sulfonamides is 1. The van der Waals surface area contributed by atoms with Gasteiger partial charge in [0.2, 0.25) is 0 Å². The van der Waals surface area contributed by atoms with Gasteiger partial charge in [0.15, 0.2) is 5.84 Å². The van der Waals surface area contributed by atoms with Crippen LogP contribution in [0.2, 0.25) is 0 Å². The molecule has 146 valence electrons. The van der Waals surface area contributed by atoms with E-state index >= 15 is 0 Å². The third-order valence-electron chi connectivity index (χ3n) is 4.39. The van der Waals surface area contributed by atoms with Crippen LogP contribution in [0.15, 0.2) is 87.0 Å². The lowest BCUT2D eigenvalue weighted by molar-refractivity contribution is 0.102. The van der Waals surface area contributed by atoms with Gasteiger partial charge in [0.05, 0.1) is 0 Å². The summed E-state index contributed by atoms with van der Waals surface area (Å²) >= 11 is 1.64. The number of carbonyl (C=O) groups is 1. The Balaban J connectivity index is 1.48. The van der Waals surface area contributed by atoms with Gasteiger partial charge >= 0.3 is 0 Å². The van der Waals surface area contributed by atoms with Gasteiger partial charge in [-0.25, -0.2) is 0 Å². The Kier molecular flexibility index (Phi) is 5.12. The lowest BCUT2D eigenvalue weighted by Gasteiger charge is -2.09. The number of amidine groups is 1. The van der Waals surface area contributed by atoms with Gasteiger partial charge in [0, 0.05) is 27.4 Å². The fourth-order valence-electron chi connectivity index (χ4n) is 2.92. The maximum atomic E-state index is 12.4. The number of hydrogen-bond acceptors (Lipinski definition) is 5. The Bertz CT molecular complexity index is 1200. The van der Waals surface area contributed by atoms with Crippen molar-refractivity contribution in [2.24, 2.45) is 4.40 Å². The topological polar surface area (TPSA) is 87.6 Å². The molecule has 2 N–H and O–H groups in total. The van der Waals surface area contributed by atoms with Crippen molar-refractivity contribution in [1.82, 2.24) is 0 Å². The fourth-order valence-corrected chi connectivity index (χ4v) is 4.50. The molecule has 0 saturated carbocycles. The fraction of sp³-hybridized carbons (Fsp3) is 0.0476. The summed E-state index contributed by atoms with van der Waals surface area (Å²) in [6.45, 7) is 0. The number of rotatable bonds is 4. The third kappa shape index (κ3) is 4.03. The van der Waals surface area contributed by atoms with Gasteiger partial charge < -0.3 is 10.6 Å². The van der Waals surface area contributed by atoms with Gasteiger partial charge in [-0.05, 0) is 66.9 Å². The molecule has 1 aliphatic rings. The Morgan fingerprint density at radius 3 is 2.24 bits per heavy atom. The highest BCUT2D eigenvalue weighted by molar-refractivity contribution is 7.98. The van der Waals surface area contributed by atoms with E-state index in [4.69, 9.17) is 0 Å². The molecule has 0 atom stereocenters. The molecule has 0 bridgehead atoms. The van der Waals surface area contributed by atoms with Crippen molar-refractivity contribution in [2.45, 2.75) is 9.79 Å². The number of hydrogen-bond donors (Lipinski definition) is 2. The molecule has 6 nitrogen and oxygen atoms in total. The number of fused-ring (bicyclic) bond motifs is 1. The molecule has 0 fully saturated rings. The van der Waals surface area contributed by atoms with Crippen LogP contribution in [0.4, 0.5) is 11.4 Å². The van der Waals surface area contributed by atoms with E-state index in [1.54, 1.807) is 54.2 Å². The second-order valence-corrected chi connectivity index (χ2v) is 8.75. The van der Waals surface area contributed by atoms with Gasteiger partial charge in [-0.15, -0.1) is 16.2 Å². The number of carbonyl (C=O) groups excluding carboxylic acids is 1. The Labute approximate surface area is 173 Å². The van der Waals surface area contributed by atoms with Crippen molar-refractivity contribution in [3.05, 3.63) is 83.9 Å². The zero-order chi connectivity index (χ0) is 20.4. The molecule has 0 radical (unpaired) electrons. The SMILES string of the molecule is CSc1ccc(NC(=O)c2ccc(NC3=NS(=O)(=O)c4ccccc43)cc2)cc1. The molecule has 0 aliphatic carbocycles. The molecule has 1 amide bonds. The molecule has 3 aromatic rings. The van der Waals surface area contributed by atoms with Crippen LogP contribution in [0.5, 0.6) is 0 Å². The molecule has 1 heterocycles. The van der Waals surface area contributed by atoms with Gasteiger partial charge in [-0.1, -0.05) is 12.1 Å². The zero-order valence-electron chi connectivity index (χ0n) is 15.4. The summed E-state index contributed by atoms with van der Waals surface area (Å²) in [7, 11) is -3.68. The minimum Gasteiger partial charge on any atom is -0.339 e. The molecule has 8 heteroatoms. The van der Waals surface area contributed by atoms with Crippen molar-refractivity contribution in [2.75, 3.05) is 16.9 Å². The number of amides is 1. The highest BCUT2D eigenvalue weighted by atomic mass is 32.2. The standard InChI is InChI=1S/C21H17N3O3S2/c1-28-17-12-10-16(11-13-17)23-21(25)14-6-8-15(9-7-14)22-20-18-4-2-3-5-19(18)29(26,27)24-20/h2-13H,1H3,(H,22,24)(H,23,25). The summed E-state index contributed by atoms with van der Waals surface area (Å²) in [6, 6.07) is 21.0. The minimum atomic E-state index is -3.68. The summed E-state index contributed by atoms with van der Waals surface area (Å²) in [6.07, 6.45) is 1.99. The summed E-state index contributed by atoms with van der Waals surface area (Å²) < 4.78 is 28.1. The van der Waals surface area contributed by atoms with Crippen molar-refractivity contribution in [1.29, 1.82) is 0 Å². The molecule has 3 aromatic carbocycles.